The summed E-state index contributed by atoms with van der Waals surface area (Å²) in [4.78, 5) is 2.71. The highest BCUT2D eigenvalue weighted by molar-refractivity contribution is 7.91. The second-order valence-corrected chi connectivity index (χ2v) is 7.29. The third-order valence-corrected chi connectivity index (χ3v) is 5.23. The third kappa shape index (κ3) is 3.56. The van der Waals surface area contributed by atoms with E-state index in [0.29, 0.717) is 17.4 Å². The van der Waals surface area contributed by atoms with Crippen LogP contribution in [-0.2, 0) is 9.84 Å². The van der Waals surface area contributed by atoms with Crippen molar-refractivity contribution in [3.8, 4) is 0 Å². The number of sulfone groups is 1. The minimum Gasteiger partial charge on any atom is -0.302 e. The molecule has 1 atom stereocenters. The van der Waals surface area contributed by atoms with Crippen LogP contribution in [0.3, 0.4) is 0 Å². The van der Waals surface area contributed by atoms with Gasteiger partial charge in [-0.15, -0.1) is 0 Å². The molecule has 4 heteroatoms. The second kappa shape index (κ2) is 5.85. The van der Waals surface area contributed by atoms with E-state index in [1.165, 1.54) is 12.8 Å². The van der Waals surface area contributed by atoms with Crippen LogP contribution >= 0.6 is 0 Å². The summed E-state index contributed by atoms with van der Waals surface area (Å²) in [5.41, 5.74) is 0. The first kappa shape index (κ1) is 13.6. The van der Waals surface area contributed by atoms with Crippen molar-refractivity contribution >= 4 is 9.84 Å². The first-order valence-electron chi connectivity index (χ1n) is 6.58. The van der Waals surface area contributed by atoms with Crippen LogP contribution in [0.5, 0.6) is 0 Å². The van der Waals surface area contributed by atoms with E-state index in [2.05, 4.69) is 11.8 Å². The maximum absolute atomic E-state index is 12.1. The molecule has 3 nitrogen and oxygen atoms in total. The Kier molecular flexibility index (Phi) is 4.40. The van der Waals surface area contributed by atoms with Gasteiger partial charge in [0.2, 0.25) is 0 Å². The van der Waals surface area contributed by atoms with Crippen molar-refractivity contribution in [2.45, 2.75) is 24.7 Å². The second-order valence-electron chi connectivity index (χ2n) is 5.18. The summed E-state index contributed by atoms with van der Waals surface area (Å²) >= 11 is 0. The number of piperidine rings is 1. The van der Waals surface area contributed by atoms with Crippen molar-refractivity contribution in [1.82, 2.24) is 4.90 Å². The van der Waals surface area contributed by atoms with Gasteiger partial charge >= 0.3 is 0 Å². The van der Waals surface area contributed by atoms with Gasteiger partial charge in [0, 0.05) is 13.1 Å². The number of hydrogen-bond acceptors (Lipinski definition) is 3. The lowest BCUT2D eigenvalue weighted by Crippen LogP contribution is -2.37. The molecule has 0 N–H and O–H groups in total. The van der Waals surface area contributed by atoms with Gasteiger partial charge in [-0.1, -0.05) is 25.1 Å². The van der Waals surface area contributed by atoms with E-state index in [9.17, 15) is 8.42 Å². The Morgan fingerprint density at radius 3 is 2.67 bits per heavy atom. The van der Waals surface area contributed by atoms with Crippen molar-refractivity contribution in [3.63, 3.8) is 0 Å². The summed E-state index contributed by atoms with van der Waals surface area (Å²) in [6.45, 7) is 4.96. The SMILES string of the molecule is C[C@H]1CCCN(CCS(=O)(=O)c2ccccc2)C1. The number of hydrogen-bond donors (Lipinski definition) is 0. The number of likely N-dealkylation sites (tertiary alicyclic amines) is 1. The highest BCUT2D eigenvalue weighted by Crippen LogP contribution is 2.16. The van der Waals surface area contributed by atoms with Crippen LogP contribution in [0.2, 0.25) is 0 Å². The summed E-state index contributed by atoms with van der Waals surface area (Å²) in [5, 5.41) is 0. The van der Waals surface area contributed by atoms with Crippen molar-refractivity contribution < 1.29 is 8.42 Å². The van der Waals surface area contributed by atoms with Gasteiger partial charge in [-0.3, -0.25) is 0 Å². The molecule has 0 spiro atoms. The first-order chi connectivity index (χ1) is 8.58. The molecular weight excluding hydrogens is 246 g/mol. The van der Waals surface area contributed by atoms with E-state index in [4.69, 9.17) is 0 Å². The molecule has 0 aromatic heterocycles. The summed E-state index contributed by atoms with van der Waals surface area (Å²) in [6, 6.07) is 8.74. The average molecular weight is 267 g/mol. The molecule has 0 unspecified atom stereocenters. The Morgan fingerprint density at radius 1 is 1.28 bits per heavy atom. The number of rotatable bonds is 4. The maximum atomic E-state index is 12.1. The lowest BCUT2D eigenvalue weighted by atomic mass is 10.0. The first-order valence-corrected chi connectivity index (χ1v) is 8.23. The van der Waals surface area contributed by atoms with Gasteiger partial charge < -0.3 is 4.90 Å². The molecule has 1 saturated heterocycles. The maximum Gasteiger partial charge on any atom is 0.179 e. The van der Waals surface area contributed by atoms with Crippen molar-refractivity contribution in [2.75, 3.05) is 25.4 Å². The van der Waals surface area contributed by atoms with Crippen LogP contribution < -0.4 is 0 Å². The molecule has 2 rings (SSSR count). The number of benzene rings is 1. The molecule has 1 heterocycles. The smallest absolute Gasteiger partial charge is 0.179 e. The molecule has 1 aliphatic heterocycles. The van der Waals surface area contributed by atoms with Gasteiger partial charge in [0.15, 0.2) is 9.84 Å². The summed E-state index contributed by atoms with van der Waals surface area (Å²) in [6.07, 6.45) is 2.45. The van der Waals surface area contributed by atoms with Gasteiger partial charge in [0.1, 0.15) is 0 Å². The van der Waals surface area contributed by atoms with Crippen molar-refractivity contribution in [1.29, 1.82) is 0 Å². The molecule has 0 radical (unpaired) electrons. The van der Waals surface area contributed by atoms with Crippen LogP contribution in [0.4, 0.5) is 0 Å². The van der Waals surface area contributed by atoms with Gasteiger partial charge in [-0.05, 0) is 37.4 Å². The van der Waals surface area contributed by atoms with E-state index in [1.54, 1.807) is 24.3 Å². The zero-order valence-corrected chi connectivity index (χ0v) is 11.7. The van der Waals surface area contributed by atoms with Crippen molar-refractivity contribution in [3.05, 3.63) is 30.3 Å². The van der Waals surface area contributed by atoms with Crippen LogP contribution in [-0.4, -0.2) is 38.7 Å². The fraction of sp³-hybridized carbons (Fsp3) is 0.571. The largest absolute Gasteiger partial charge is 0.302 e. The zero-order valence-electron chi connectivity index (χ0n) is 10.9. The van der Waals surface area contributed by atoms with Gasteiger partial charge in [0.05, 0.1) is 10.6 Å². The summed E-state index contributed by atoms with van der Waals surface area (Å²) < 4.78 is 24.3. The van der Waals surface area contributed by atoms with Gasteiger partial charge in [0.25, 0.3) is 0 Å². The highest BCUT2D eigenvalue weighted by Gasteiger charge is 2.19. The predicted molar refractivity (Wildman–Crippen MR) is 73.3 cm³/mol. The lowest BCUT2D eigenvalue weighted by Gasteiger charge is -2.30. The van der Waals surface area contributed by atoms with Gasteiger partial charge in [-0.2, -0.15) is 0 Å². The van der Waals surface area contributed by atoms with E-state index in [1.807, 2.05) is 6.07 Å². The molecule has 1 aromatic rings. The standard InChI is InChI=1S/C14H21NO2S/c1-13-6-5-9-15(12-13)10-11-18(16,17)14-7-3-2-4-8-14/h2-4,7-8,13H,5-6,9-12H2,1H3/t13-/m0/s1. The Labute approximate surface area is 110 Å². The molecule has 0 bridgehead atoms. The Morgan fingerprint density at radius 2 is 2.00 bits per heavy atom. The minimum atomic E-state index is -3.12. The molecule has 0 amide bonds. The lowest BCUT2D eigenvalue weighted by molar-refractivity contribution is 0.193. The molecular formula is C14H21NO2S. The molecule has 1 fully saturated rings. The fourth-order valence-electron chi connectivity index (χ4n) is 2.48. The normalized spacial score (nSPS) is 21.9. The summed E-state index contributed by atoms with van der Waals surface area (Å²) in [5.74, 6) is 0.919. The van der Waals surface area contributed by atoms with Gasteiger partial charge in [-0.25, -0.2) is 8.42 Å². The fourth-order valence-corrected chi connectivity index (χ4v) is 3.79. The minimum absolute atomic E-state index is 0.226. The van der Waals surface area contributed by atoms with E-state index in [-0.39, 0.29) is 5.75 Å². The Bertz CT molecular complexity index is 470. The van der Waals surface area contributed by atoms with E-state index < -0.39 is 9.84 Å². The highest BCUT2D eigenvalue weighted by atomic mass is 32.2. The summed E-state index contributed by atoms with van der Waals surface area (Å²) in [7, 11) is -3.12. The molecule has 0 aliphatic carbocycles. The zero-order chi connectivity index (χ0) is 13.0. The van der Waals surface area contributed by atoms with Crippen LogP contribution in [0, 0.1) is 5.92 Å². The van der Waals surface area contributed by atoms with Crippen LogP contribution in [0.25, 0.3) is 0 Å². The predicted octanol–water partition coefficient (Wildman–Crippen LogP) is 2.19. The monoisotopic (exact) mass is 267 g/mol. The Hall–Kier alpha value is -0.870. The molecule has 18 heavy (non-hydrogen) atoms. The molecule has 0 saturated carbocycles. The topological polar surface area (TPSA) is 37.4 Å². The average Bonchev–Trinajstić information content (AvgIpc) is 2.38. The van der Waals surface area contributed by atoms with E-state index in [0.717, 1.165) is 13.1 Å². The quantitative estimate of drug-likeness (QED) is 0.839. The number of nitrogens with zero attached hydrogens (tertiary/aromatic N) is 1. The third-order valence-electron chi connectivity index (χ3n) is 3.52. The molecule has 1 aromatic carbocycles. The van der Waals surface area contributed by atoms with Crippen LogP contribution in [0.1, 0.15) is 19.8 Å². The molecule has 100 valence electrons. The van der Waals surface area contributed by atoms with Crippen LogP contribution in [0.15, 0.2) is 35.2 Å². The van der Waals surface area contributed by atoms with Crippen molar-refractivity contribution in [2.24, 2.45) is 5.92 Å². The molecule has 1 aliphatic rings. The Balaban J connectivity index is 1.93. The van der Waals surface area contributed by atoms with E-state index >= 15 is 0 Å².